The van der Waals surface area contributed by atoms with Gasteiger partial charge in [-0.3, -0.25) is 14.4 Å². The summed E-state index contributed by atoms with van der Waals surface area (Å²) < 4.78 is 0. The van der Waals surface area contributed by atoms with Crippen molar-refractivity contribution in [2.24, 2.45) is 10.8 Å². The molecule has 0 saturated heterocycles. The van der Waals surface area contributed by atoms with Crippen LogP contribution in [0.5, 0.6) is 0 Å². The molecule has 4 heteroatoms. The smallest absolute Gasteiger partial charge is 0.226 e. The number of hydrogen-bond acceptors (Lipinski definition) is 3. The molecule has 0 heterocycles. The SMILES string of the molecule is CCC(=O)C(CC(C)=O)NC(=O)C(C)(C)CC(C)(C)CC. The van der Waals surface area contributed by atoms with Gasteiger partial charge in [-0.15, -0.1) is 0 Å². The van der Waals surface area contributed by atoms with Gasteiger partial charge in [0.25, 0.3) is 0 Å². The maximum atomic E-state index is 12.5. The summed E-state index contributed by atoms with van der Waals surface area (Å²) in [7, 11) is 0. The van der Waals surface area contributed by atoms with Crippen LogP contribution in [0.4, 0.5) is 0 Å². The van der Waals surface area contributed by atoms with Gasteiger partial charge in [-0.25, -0.2) is 0 Å². The van der Waals surface area contributed by atoms with Crippen LogP contribution in [0.3, 0.4) is 0 Å². The van der Waals surface area contributed by atoms with Crippen LogP contribution in [-0.2, 0) is 14.4 Å². The summed E-state index contributed by atoms with van der Waals surface area (Å²) in [5.74, 6) is -0.338. The topological polar surface area (TPSA) is 63.2 Å². The molecular formula is C17H31NO3. The highest BCUT2D eigenvalue weighted by molar-refractivity contribution is 5.94. The normalized spacial score (nSPS) is 13.7. The van der Waals surface area contributed by atoms with Crippen LogP contribution in [0, 0.1) is 10.8 Å². The average molecular weight is 297 g/mol. The van der Waals surface area contributed by atoms with Crippen LogP contribution in [-0.4, -0.2) is 23.5 Å². The Balaban J connectivity index is 4.96. The quantitative estimate of drug-likeness (QED) is 0.710. The summed E-state index contributed by atoms with van der Waals surface area (Å²) >= 11 is 0. The lowest BCUT2D eigenvalue weighted by molar-refractivity contribution is -0.135. The van der Waals surface area contributed by atoms with E-state index in [-0.39, 0.29) is 29.3 Å². The van der Waals surface area contributed by atoms with Gasteiger partial charge in [0, 0.05) is 18.3 Å². The molecule has 0 aliphatic carbocycles. The van der Waals surface area contributed by atoms with Crippen LogP contribution < -0.4 is 5.32 Å². The first kappa shape index (κ1) is 19.8. The van der Waals surface area contributed by atoms with E-state index in [1.54, 1.807) is 6.92 Å². The zero-order valence-corrected chi connectivity index (χ0v) is 14.6. The highest BCUT2D eigenvalue weighted by Gasteiger charge is 2.35. The number of Topliss-reactive ketones (excluding diaryl/α,β-unsaturated/α-hetero) is 2. The van der Waals surface area contributed by atoms with Gasteiger partial charge in [0.05, 0.1) is 6.04 Å². The molecule has 1 atom stereocenters. The van der Waals surface area contributed by atoms with Crippen molar-refractivity contribution in [3.05, 3.63) is 0 Å². The molecular weight excluding hydrogens is 266 g/mol. The molecule has 21 heavy (non-hydrogen) atoms. The monoisotopic (exact) mass is 297 g/mol. The fourth-order valence-corrected chi connectivity index (χ4v) is 2.53. The first-order valence-electron chi connectivity index (χ1n) is 7.78. The third-order valence-corrected chi connectivity index (χ3v) is 4.03. The molecule has 1 amide bonds. The van der Waals surface area contributed by atoms with Gasteiger partial charge in [0.15, 0.2) is 5.78 Å². The Kier molecular flexibility index (Phi) is 7.28. The lowest BCUT2D eigenvalue weighted by Crippen LogP contribution is -2.48. The van der Waals surface area contributed by atoms with Gasteiger partial charge in [-0.1, -0.05) is 48.0 Å². The summed E-state index contributed by atoms with van der Waals surface area (Å²) in [5.41, 5.74) is -0.506. The highest BCUT2D eigenvalue weighted by Crippen LogP contribution is 2.36. The molecule has 0 rings (SSSR count). The Labute approximate surface area is 129 Å². The standard InChI is InChI=1S/C17H31NO3/c1-8-14(20)13(10-12(3)19)18-15(21)17(6,7)11-16(4,5)9-2/h13H,8-11H2,1-7H3,(H,18,21). The van der Waals surface area contributed by atoms with Crippen molar-refractivity contribution in [2.45, 2.75) is 80.2 Å². The van der Waals surface area contributed by atoms with Gasteiger partial charge >= 0.3 is 0 Å². The lowest BCUT2D eigenvalue weighted by Gasteiger charge is -2.34. The van der Waals surface area contributed by atoms with Crippen LogP contribution in [0.1, 0.15) is 74.1 Å². The molecule has 0 saturated carbocycles. The Hall–Kier alpha value is -1.19. The van der Waals surface area contributed by atoms with E-state index >= 15 is 0 Å². The summed E-state index contributed by atoms with van der Waals surface area (Å²) in [5, 5.41) is 2.78. The molecule has 122 valence electrons. The third-order valence-electron chi connectivity index (χ3n) is 4.03. The van der Waals surface area contributed by atoms with Crippen molar-refractivity contribution >= 4 is 17.5 Å². The highest BCUT2D eigenvalue weighted by atomic mass is 16.2. The Morgan fingerprint density at radius 3 is 1.95 bits per heavy atom. The zero-order valence-electron chi connectivity index (χ0n) is 14.6. The second-order valence-electron chi connectivity index (χ2n) is 7.33. The fourth-order valence-electron chi connectivity index (χ4n) is 2.53. The van der Waals surface area contributed by atoms with E-state index in [9.17, 15) is 14.4 Å². The van der Waals surface area contributed by atoms with Gasteiger partial charge in [0.2, 0.25) is 5.91 Å². The molecule has 0 bridgehead atoms. The number of ketones is 2. The molecule has 0 fully saturated rings. The van der Waals surface area contributed by atoms with Crippen molar-refractivity contribution in [2.75, 3.05) is 0 Å². The minimum atomic E-state index is -0.691. The Bertz CT molecular complexity index is 397. The van der Waals surface area contributed by atoms with Gasteiger partial charge in [-0.05, 0) is 18.8 Å². The largest absolute Gasteiger partial charge is 0.345 e. The number of carbonyl (C=O) groups excluding carboxylic acids is 3. The first-order valence-corrected chi connectivity index (χ1v) is 7.78. The summed E-state index contributed by atoms with van der Waals surface area (Å²) in [4.78, 5) is 35.7. The van der Waals surface area contributed by atoms with E-state index in [4.69, 9.17) is 0 Å². The molecule has 1 N–H and O–H groups in total. The van der Waals surface area contributed by atoms with E-state index < -0.39 is 11.5 Å². The van der Waals surface area contributed by atoms with Crippen molar-refractivity contribution < 1.29 is 14.4 Å². The summed E-state index contributed by atoms with van der Waals surface area (Å²) in [6.45, 7) is 13.3. The van der Waals surface area contributed by atoms with Gasteiger partial charge in [0.1, 0.15) is 5.78 Å². The van der Waals surface area contributed by atoms with Crippen molar-refractivity contribution in [3.63, 3.8) is 0 Å². The number of rotatable bonds is 9. The van der Waals surface area contributed by atoms with Gasteiger partial charge < -0.3 is 5.32 Å². The molecule has 4 nitrogen and oxygen atoms in total. The molecule has 0 aromatic carbocycles. The van der Waals surface area contributed by atoms with E-state index in [0.29, 0.717) is 6.42 Å². The maximum Gasteiger partial charge on any atom is 0.226 e. The molecule has 0 spiro atoms. The second-order valence-corrected chi connectivity index (χ2v) is 7.33. The van der Waals surface area contributed by atoms with E-state index in [2.05, 4.69) is 26.1 Å². The van der Waals surface area contributed by atoms with E-state index in [0.717, 1.165) is 12.8 Å². The predicted octanol–water partition coefficient (Wildman–Crippen LogP) is 3.28. The molecule has 0 aliphatic heterocycles. The Morgan fingerprint density at radius 1 is 1.05 bits per heavy atom. The van der Waals surface area contributed by atoms with Crippen LogP contribution in [0.15, 0.2) is 0 Å². The maximum absolute atomic E-state index is 12.5. The minimum Gasteiger partial charge on any atom is -0.345 e. The molecule has 0 aromatic heterocycles. The number of hydrogen-bond donors (Lipinski definition) is 1. The molecule has 0 aliphatic rings. The van der Waals surface area contributed by atoms with Crippen LogP contribution in [0.2, 0.25) is 0 Å². The summed E-state index contributed by atoms with van der Waals surface area (Å²) in [6.07, 6.45) is 2.11. The molecule has 0 radical (unpaired) electrons. The number of carbonyl (C=O) groups is 3. The van der Waals surface area contributed by atoms with E-state index in [1.807, 2.05) is 13.8 Å². The van der Waals surface area contributed by atoms with Crippen molar-refractivity contribution in [1.29, 1.82) is 0 Å². The molecule has 1 unspecified atom stereocenters. The fraction of sp³-hybridized carbons (Fsp3) is 0.824. The van der Waals surface area contributed by atoms with Gasteiger partial charge in [-0.2, -0.15) is 0 Å². The van der Waals surface area contributed by atoms with E-state index in [1.165, 1.54) is 6.92 Å². The van der Waals surface area contributed by atoms with Crippen LogP contribution >= 0.6 is 0 Å². The first-order chi connectivity index (χ1) is 9.45. The second kappa shape index (κ2) is 7.71. The lowest BCUT2D eigenvalue weighted by atomic mass is 9.73. The Morgan fingerprint density at radius 2 is 1.57 bits per heavy atom. The minimum absolute atomic E-state index is 0.0612. The van der Waals surface area contributed by atoms with Crippen molar-refractivity contribution in [3.8, 4) is 0 Å². The van der Waals surface area contributed by atoms with Crippen molar-refractivity contribution in [1.82, 2.24) is 5.32 Å². The average Bonchev–Trinajstić information content (AvgIpc) is 2.35. The summed E-state index contributed by atoms with van der Waals surface area (Å²) in [6, 6.07) is -0.691. The predicted molar refractivity (Wildman–Crippen MR) is 85.0 cm³/mol. The number of amides is 1. The zero-order chi connectivity index (χ0) is 16.8. The third kappa shape index (κ3) is 6.87. The number of nitrogens with one attached hydrogen (secondary N) is 1. The van der Waals surface area contributed by atoms with Crippen LogP contribution in [0.25, 0.3) is 0 Å². The molecule has 0 aromatic rings.